The molecule has 0 spiro atoms. The maximum absolute atomic E-state index is 4.37. The highest BCUT2D eigenvalue weighted by Gasteiger charge is 2.19. The zero-order chi connectivity index (χ0) is 20.3. The van der Waals surface area contributed by atoms with Gasteiger partial charge < -0.3 is 15.5 Å². The zero-order valence-electron chi connectivity index (χ0n) is 18.3. The predicted molar refractivity (Wildman–Crippen MR) is 120 cm³/mol. The molecule has 1 aliphatic heterocycles. The fraction of sp³-hybridized carbons (Fsp3) is 0.773. The van der Waals surface area contributed by atoms with Gasteiger partial charge in [-0.1, -0.05) is 26.2 Å². The quantitative estimate of drug-likeness (QED) is 0.396. The van der Waals surface area contributed by atoms with E-state index in [9.17, 15) is 0 Å². The average Bonchev–Trinajstić information content (AvgIpc) is 2.76. The summed E-state index contributed by atoms with van der Waals surface area (Å²) in [5.74, 6) is 3.60. The van der Waals surface area contributed by atoms with Crippen molar-refractivity contribution in [1.29, 1.82) is 0 Å². The Morgan fingerprint density at radius 1 is 1.10 bits per heavy atom. The molecule has 7 heteroatoms. The lowest BCUT2D eigenvalue weighted by molar-refractivity contribution is 0.254. The van der Waals surface area contributed by atoms with Gasteiger partial charge in [0, 0.05) is 58.7 Å². The molecule has 0 bridgehead atoms. The van der Waals surface area contributed by atoms with Crippen LogP contribution in [0.3, 0.4) is 0 Å². The van der Waals surface area contributed by atoms with Gasteiger partial charge in [-0.3, -0.25) is 9.89 Å². The average molecular weight is 402 g/mol. The van der Waals surface area contributed by atoms with Crippen molar-refractivity contribution in [1.82, 2.24) is 25.5 Å². The van der Waals surface area contributed by atoms with Gasteiger partial charge in [-0.15, -0.1) is 0 Å². The van der Waals surface area contributed by atoms with Crippen LogP contribution in [0.15, 0.2) is 23.5 Å². The van der Waals surface area contributed by atoms with Gasteiger partial charge >= 0.3 is 0 Å². The Morgan fingerprint density at radius 2 is 1.86 bits per heavy atom. The van der Waals surface area contributed by atoms with Crippen LogP contribution < -0.4 is 15.5 Å². The van der Waals surface area contributed by atoms with E-state index in [0.29, 0.717) is 0 Å². The van der Waals surface area contributed by atoms with Crippen LogP contribution >= 0.6 is 0 Å². The number of aliphatic imine (C=N–C) groups is 1. The van der Waals surface area contributed by atoms with Gasteiger partial charge in [-0.2, -0.15) is 0 Å². The molecular weight excluding hydrogens is 362 g/mol. The Kier molecular flexibility index (Phi) is 8.99. The maximum Gasteiger partial charge on any atom is 0.225 e. The second kappa shape index (κ2) is 12.0. The van der Waals surface area contributed by atoms with E-state index in [-0.39, 0.29) is 0 Å². The van der Waals surface area contributed by atoms with Crippen LogP contribution in [0.5, 0.6) is 0 Å². The number of nitrogens with zero attached hydrogens (tertiary/aromatic N) is 5. The summed E-state index contributed by atoms with van der Waals surface area (Å²) in [6.07, 6.45) is 11.7. The summed E-state index contributed by atoms with van der Waals surface area (Å²) in [6, 6.07) is 1.87. The van der Waals surface area contributed by atoms with Gasteiger partial charge in [0.2, 0.25) is 5.95 Å². The highest BCUT2D eigenvalue weighted by Crippen LogP contribution is 2.30. The number of hydrogen-bond acceptors (Lipinski definition) is 5. The van der Waals surface area contributed by atoms with Crippen molar-refractivity contribution in [3.05, 3.63) is 18.5 Å². The Balaban J connectivity index is 1.24. The molecule has 1 aliphatic carbocycles. The van der Waals surface area contributed by atoms with E-state index in [1.54, 1.807) is 0 Å². The van der Waals surface area contributed by atoms with E-state index in [2.05, 4.69) is 42.3 Å². The predicted octanol–water partition coefficient (Wildman–Crippen LogP) is 2.37. The second-order valence-corrected chi connectivity index (χ2v) is 8.58. The molecular formula is C22H39N7. The molecule has 0 amide bonds. The number of aromatic nitrogens is 2. The van der Waals surface area contributed by atoms with Gasteiger partial charge in [0.1, 0.15) is 0 Å². The van der Waals surface area contributed by atoms with Crippen LogP contribution in [0.4, 0.5) is 5.95 Å². The van der Waals surface area contributed by atoms with E-state index < -0.39 is 0 Å². The molecule has 2 fully saturated rings. The molecule has 29 heavy (non-hydrogen) atoms. The molecule has 7 nitrogen and oxygen atoms in total. The summed E-state index contributed by atoms with van der Waals surface area (Å²) >= 11 is 0. The Morgan fingerprint density at radius 3 is 2.59 bits per heavy atom. The van der Waals surface area contributed by atoms with Crippen molar-refractivity contribution in [2.45, 2.75) is 45.4 Å². The minimum Gasteiger partial charge on any atom is -0.356 e. The van der Waals surface area contributed by atoms with Gasteiger partial charge in [0.25, 0.3) is 0 Å². The second-order valence-electron chi connectivity index (χ2n) is 8.58. The van der Waals surface area contributed by atoms with Crippen molar-refractivity contribution in [3.8, 4) is 0 Å². The molecule has 1 saturated heterocycles. The lowest BCUT2D eigenvalue weighted by atomic mass is 9.81. The van der Waals surface area contributed by atoms with Crippen molar-refractivity contribution in [2.75, 3.05) is 57.8 Å². The summed E-state index contributed by atoms with van der Waals surface area (Å²) < 4.78 is 0. The zero-order valence-corrected chi connectivity index (χ0v) is 18.3. The van der Waals surface area contributed by atoms with Crippen LogP contribution in [0.25, 0.3) is 0 Å². The van der Waals surface area contributed by atoms with Crippen molar-refractivity contribution in [2.24, 2.45) is 16.8 Å². The molecule has 1 aromatic heterocycles. The minimum atomic E-state index is 0.853. The standard InChI is InChI=1S/C22H39N7/c1-19-6-3-7-20(18-19)8-12-25-21(23-2)24-11-5-13-28-14-16-29(17-15-28)22-26-9-4-10-27-22/h4,9-10,19-20H,3,5-8,11-18H2,1-2H3,(H2,23,24,25). The van der Waals surface area contributed by atoms with Crippen molar-refractivity contribution < 1.29 is 0 Å². The Bertz CT molecular complexity index is 598. The Hall–Kier alpha value is -1.89. The van der Waals surface area contributed by atoms with E-state index >= 15 is 0 Å². The largest absolute Gasteiger partial charge is 0.356 e. The molecule has 1 saturated carbocycles. The number of hydrogen-bond donors (Lipinski definition) is 2. The Labute approximate surface area is 176 Å². The molecule has 2 aliphatic rings. The summed E-state index contributed by atoms with van der Waals surface area (Å²) in [5, 5.41) is 6.97. The van der Waals surface area contributed by atoms with Crippen LogP contribution in [-0.2, 0) is 0 Å². The first-order valence-electron chi connectivity index (χ1n) is 11.4. The van der Waals surface area contributed by atoms with E-state index in [4.69, 9.17) is 0 Å². The summed E-state index contributed by atoms with van der Waals surface area (Å²) in [6.45, 7) is 9.66. The number of guanidine groups is 1. The van der Waals surface area contributed by atoms with Crippen LogP contribution in [0, 0.1) is 11.8 Å². The maximum atomic E-state index is 4.37. The normalized spacial score (nSPS) is 23.8. The molecule has 2 unspecified atom stereocenters. The molecule has 2 N–H and O–H groups in total. The SMILES string of the molecule is CN=C(NCCCN1CCN(c2ncccn2)CC1)NCCC1CCCC(C)C1. The number of rotatable bonds is 8. The number of anilines is 1. The molecule has 0 radical (unpaired) electrons. The highest BCUT2D eigenvalue weighted by atomic mass is 15.3. The number of piperazine rings is 1. The first-order chi connectivity index (χ1) is 14.2. The molecule has 0 aromatic carbocycles. The first-order valence-corrected chi connectivity index (χ1v) is 11.4. The smallest absolute Gasteiger partial charge is 0.225 e. The monoisotopic (exact) mass is 401 g/mol. The lowest BCUT2D eigenvalue weighted by Gasteiger charge is -2.34. The van der Waals surface area contributed by atoms with E-state index in [1.807, 2.05) is 25.5 Å². The van der Waals surface area contributed by atoms with E-state index in [1.165, 1.54) is 32.1 Å². The molecule has 3 rings (SSSR count). The minimum absolute atomic E-state index is 0.853. The van der Waals surface area contributed by atoms with Crippen molar-refractivity contribution in [3.63, 3.8) is 0 Å². The highest BCUT2D eigenvalue weighted by molar-refractivity contribution is 5.79. The molecule has 2 atom stereocenters. The number of nitrogens with one attached hydrogen (secondary N) is 2. The van der Waals surface area contributed by atoms with E-state index in [0.717, 1.165) is 76.0 Å². The van der Waals surface area contributed by atoms with Gasteiger partial charge in [0.05, 0.1) is 0 Å². The van der Waals surface area contributed by atoms with Crippen molar-refractivity contribution >= 4 is 11.9 Å². The third-order valence-electron chi connectivity index (χ3n) is 6.26. The van der Waals surface area contributed by atoms with Gasteiger partial charge in [0.15, 0.2) is 5.96 Å². The first kappa shape index (κ1) is 21.8. The summed E-state index contributed by atoms with van der Waals surface area (Å²) in [5.41, 5.74) is 0. The lowest BCUT2D eigenvalue weighted by Crippen LogP contribution is -2.47. The third kappa shape index (κ3) is 7.46. The summed E-state index contributed by atoms with van der Waals surface area (Å²) in [7, 11) is 1.86. The third-order valence-corrected chi connectivity index (χ3v) is 6.26. The molecule has 162 valence electrons. The fourth-order valence-corrected chi connectivity index (χ4v) is 4.57. The molecule has 1 aromatic rings. The summed E-state index contributed by atoms with van der Waals surface area (Å²) in [4.78, 5) is 17.9. The van der Waals surface area contributed by atoms with Crippen LogP contribution in [0.1, 0.15) is 45.4 Å². The molecule has 2 heterocycles. The van der Waals surface area contributed by atoms with Crippen LogP contribution in [-0.4, -0.2) is 73.7 Å². The fourth-order valence-electron chi connectivity index (χ4n) is 4.57. The topological polar surface area (TPSA) is 68.7 Å². The van der Waals surface area contributed by atoms with Gasteiger partial charge in [-0.25, -0.2) is 9.97 Å². The van der Waals surface area contributed by atoms with Crippen LogP contribution in [0.2, 0.25) is 0 Å². The van der Waals surface area contributed by atoms with Gasteiger partial charge in [-0.05, 0) is 43.7 Å².